The molecule has 0 saturated carbocycles. The van der Waals surface area contributed by atoms with Gasteiger partial charge in [0.05, 0.1) is 8.28 Å². The van der Waals surface area contributed by atoms with Gasteiger partial charge in [-0.1, -0.05) is 0 Å². The highest BCUT2D eigenvalue weighted by Gasteiger charge is 2.29. The molecule has 8 heavy (non-hydrogen) atoms. The van der Waals surface area contributed by atoms with E-state index in [-0.39, 0.29) is 0 Å². The predicted octanol–water partition coefficient (Wildman–Crippen LogP) is 0.505. The lowest BCUT2D eigenvalue weighted by Gasteiger charge is -2.11. The van der Waals surface area contributed by atoms with Gasteiger partial charge < -0.3 is 10.1 Å². The van der Waals surface area contributed by atoms with Crippen molar-refractivity contribution in [1.29, 1.82) is 0 Å². The van der Waals surface area contributed by atoms with Crippen LogP contribution in [0.25, 0.3) is 0 Å². The third kappa shape index (κ3) is 0.911. The normalized spacial score (nSPS) is 34.5. The molecule has 1 N–H and O–H groups in total. The van der Waals surface area contributed by atoms with Crippen molar-refractivity contribution in [2.75, 3.05) is 6.56 Å². The summed E-state index contributed by atoms with van der Waals surface area (Å²) in [5.41, 5.74) is -0.927. The highest BCUT2D eigenvalue weighted by Crippen LogP contribution is 2.08. The van der Waals surface area contributed by atoms with Crippen LogP contribution in [0.5, 0.6) is 0 Å². The van der Waals surface area contributed by atoms with Gasteiger partial charge in [0.25, 0.3) is 0 Å². The molecular weight excluding hydrogens is 106 g/mol. The van der Waals surface area contributed by atoms with Gasteiger partial charge in [-0.2, -0.15) is 0 Å². The third-order valence-corrected chi connectivity index (χ3v) is 0.813. The van der Waals surface area contributed by atoms with Gasteiger partial charge >= 0.3 is 6.09 Å². The summed E-state index contributed by atoms with van der Waals surface area (Å²) in [4.78, 5) is 10.5. The van der Waals surface area contributed by atoms with Crippen molar-refractivity contribution in [3.63, 3.8) is 0 Å². The summed E-state index contributed by atoms with van der Waals surface area (Å²) in [6.45, 7) is 1.24. The maximum atomic E-state index is 10.5. The number of nitrogens with one attached hydrogen (secondary N) is 1. The molecule has 0 bridgehead atoms. The number of carbonyl (C=O) groups is 1. The number of amides is 1. The molecule has 3 heteroatoms. The van der Waals surface area contributed by atoms with Crippen LogP contribution < -0.4 is 5.32 Å². The van der Waals surface area contributed by atoms with Gasteiger partial charge in [0.1, 0.15) is 6.56 Å². The lowest BCUT2D eigenvalue weighted by atomic mass is 10.1. The smallest absolute Gasteiger partial charge is 0.407 e. The topological polar surface area (TPSA) is 38.3 Å². The zero-order valence-corrected chi connectivity index (χ0v) is 4.82. The Morgan fingerprint density at radius 1 is 2.00 bits per heavy atom. The van der Waals surface area contributed by atoms with Gasteiger partial charge in [-0.05, 0) is 13.8 Å². The molecule has 0 aliphatic carbocycles. The van der Waals surface area contributed by atoms with E-state index in [2.05, 4.69) is 10.1 Å². The van der Waals surface area contributed by atoms with Crippen LogP contribution in [0.4, 0.5) is 4.79 Å². The van der Waals surface area contributed by atoms with E-state index < -0.39 is 18.2 Å². The molecule has 1 fully saturated rings. The zero-order chi connectivity index (χ0) is 7.99. The molecule has 1 amide bonds. The number of hydrogen-bond donors (Lipinski definition) is 1. The summed E-state index contributed by atoms with van der Waals surface area (Å²) < 4.78 is 18.7. The number of ether oxygens (including phenoxy) is 1. The van der Waals surface area contributed by atoms with Crippen molar-refractivity contribution in [1.82, 2.24) is 5.32 Å². The third-order valence-electron chi connectivity index (χ3n) is 0.813. The second-order valence-electron chi connectivity index (χ2n) is 2.24. The van der Waals surface area contributed by atoms with Crippen LogP contribution in [0.3, 0.4) is 0 Å². The van der Waals surface area contributed by atoms with E-state index in [4.69, 9.17) is 2.74 Å². The van der Waals surface area contributed by atoms with E-state index in [1.165, 1.54) is 0 Å². The van der Waals surface area contributed by atoms with Gasteiger partial charge in [0, 0.05) is 0 Å². The lowest BCUT2D eigenvalue weighted by Crippen LogP contribution is -2.36. The Labute approximate surface area is 50.8 Å². The van der Waals surface area contributed by atoms with E-state index in [0.29, 0.717) is 0 Å². The van der Waals surface area contributed by atoms with Crippen LogP contribution in [-0.4, -0.2) is 18.2 Å². The van der Waals surface area contributed by atoms with Gasteiger partial charge in [-0.25, -0.2) is 4.79 Å². The van der Waals surface area contributed by atoms with Gasteiger partial charge in [0.2, 0.25) is 0 Å². The Bertz CT molecular complexity index is 160. The summed E-state index contributed by atoms with van der Waals surface area (Å²) in [5.74, 6) is 0. The molecule has 3 nitrogen and oxygen atoms in total. The summed E-state index contributed by atoms with van der Waals surface area (Å²) >= 11 is 0. The SMILES string of the molecule is [2H]C1([2H])OC(=O)NC1(C)C. The quantitative estimate of drug-likeness (QED) is 0.502. The Hall–Kier alpha value is -0.730. The molecule has 0 aromatic heterocycles. The average Bonchev–Trinajstić information content (AvgIpc) is 1.73. The largest absolute Gasteiger partial charge is 0.447 e. The highest BCUT2D eigenvalue weighted by molar-refractivity contribution is 5.70. The van der Waals surface area contributed by atoms with E-state index in [9.17, 15) is 4.79 Å². The molecule has 0 atom stereocenters. The summed E-state index contributed by atoms with van der Waals surface area (Å²) in [7, 11) is 0. The molecule has 1 heterocycles. The van der Waals surface area contributed by atoms with Crippen molar-refractivity contribution < 1.29 is 12.3 Å². The predicted molar refractivity (Wildman–Crippen MR) is 28.6 cm³/mol. The van der Waals surface area contributed by atoms with Crippen LogP contribution in [0, 0.1) is 0 Å². The number of alkyl carbamates (subject to hydrolysis) is 1. The van der Waals surface area contributed by atoms with Crippen LogP contribution in [0.1, 0.15) is 16.6 Å². The number of cyclic esters (lactones) is 1. The molecule has 1 rings (SSSR count). The fourth-order valence-corrected chi connectivity index (χ4v) is 0.480. The van der Waals surface area contributed by atoms with Crippen molar-refractivity contribution >= 4 is 6.09 Å². The van der Waals surface area contributed by atoms with Crippen LogP contribution in [-0.2, 0) is 4.74 Å². The van der Waals surface area contributed by atoms with Gasteiger partial charge in [-0.15, -0.1) is 0 Å². The minimum absolute atomic E-state index is 0.699. The average molecular weight is 117 g/mol. The number of carbonyl (C=O) groups excluding carboxylic acids is 1. The van der Waals surface area contributed by atoms with Gasteiger partial charge in [0.15, 0.2) is 0 Å². The first kappa shape index (κ1) is 3.33. The fraction of sp³-hybridized carbons (Fsp3) is 0.800. The summed E-state index contributed by atoms with van der Waals surface area (Å²) in [5, 5.41) is 2.35. The number of rotatable bonds is 0. The number of hydrogen-bond acceptors (Lipinski definition) is 2. The molecule has 0 radical (unpaired) electrons. The molecule has 0 unspecified atom stereocenters. The molecule has 46 valence electrons. The van der Waals surface area contributed by atoms with E-state index in [1.807, 2.05) is 0 Å². The van der Waals surface area contributed by atoms with Crippen LogP contribution in [0.2, 0.25) is 0 Å². The second kappa shape index (κ2) is 1.37. The Morgan fingerprint density at radius 3 is 2.75 bits per heavy atom. The Balaban J connectivity index is 2.88. The summed E-state index contributed by atoms with van der Waals surface area (Å²) in [6, 6.07) is 0. The van der Waals surface area contributed by atoms with E-state index >= 15 is 0 Å². The van der Waals surface area contributed by atoms with Crippen molar-refractivity contribution in [3.8, 4) is 0 Å². The molecule has 1 saturated heterocycles. The molecular formula is C5H9NO2. The first-order valence-electron chi connectivity index (χ1n) is 3.36. The maximum Gasteiger partial charge on any atom is 0.407 e. The monoisotopic (exact) mass is 117 g/mol. The maximum absolute atomic E-state index is 10.5. The molecule has 0 aromatic rings. The molecule has 1 aliphatic heterocycles. The first-order valence-corrected chi connectivity index (χ1v) is 2.36. The van der Waals surface area contributed by atoms with Crippen molar-refractivity contribution in [3.05, 3.63) is 0 Å². The first-order chi connectivity index (χ1) is 4.35. The minimum Gasteiger partial charge on any atom is -0.447 e. The standard InChI is InChI=1S/C5H9NO2/c1-5(2)3-8-4(7)6-5/h3H2,1-2H3,(H,6,7)/i3D2. The second-order valence-corrected chi connectivity index (χ2v) is 2.24. The zero-order valence-electron chi connectivity index (χ0n) is 6.82. The highest BCUT2D eigenvalue weighted by atomic mass is 16.6. The Morgan fingerprint density at radius 2 is 2.62 bits per heavy atom. The molecule has 0 aromatic carbocycles. The van der Waals surface area contributed by atoms with E-state index in [0.717, 1.165) is 0 Å². The van der Waals surface area contributed by atoms with Crippen molar-refractivity contribution in [2.24, 2.45) is 0 Å². The lowest BCUT2D eigenvalue weighted by molar-refractivity contribution is 0.174. The van der Waals surface area contributed by atoms with E-state index in [1.54, 1.807) is 13.8 Å². The Kier molecular flexibility index (Phi) is 0.570. The fourth-order valence-electron chi connectivity index (χ4n) is 0.480. The van der Waals surface area contributed by atoms with Gasteiger partial charge in [-0.3, -0.25) is 0 Å². The molecule has 0 spiro atoms. The van der Waals surface area contributed by atoms with Crippen LogP contribution in [0.15, 0.2) is 0 Å². The van der Waals surface area contributed by atoms with Crippen LogP contribution >= 0.6 is 0 Å². The van der Waals surface area contributed by atoms with Crippen molar-refractivity contribution in [2.45, 2.75) is 19.4 Å². The minimum atomic E-state index is -1.90. The summed E-state index contributed by atoms with van der Waals surface area (Å²) in [6.07, 6.45) is -0.699. The molecule has 1 aliphatic rings.